The van der Waals surface area contributed by atoms with Crippen molar-refractivity contribution in [3.8, 4) is 0 Å². The van der Waals surface area contributed by atoms with E-state index in [1.54, 1.807) is 6.92 Å². The average Bonchev–Trinajstić information content (AvgIpc) is 2.17. The number of aliphatic hydroxyl groups is 2. The Morgan fingerprint density at radius 1 is 1.62 bits per heavy atom. The molecule has 0 aliphatic carbocycles. The molecule has 1 fully saturated rings. The maximum Gasteiger partial charge on any atom is 0.0972 e. The lowest BCUT2D eigenvalue weighted by molar-refractivity contribution is 0.000239. The van der Waals surface area contributed by atoms with Gasteiger partial charge in [0.2, 0.25) is 0 Å². The molecule has 13 heavy (non-hydrogen) atoms. The minimum absolute atomic E-state index is 0.194. The van der Waals surface area contributed by atoms with Gasteiger partial charge in [-0.05, 0) is 26.3 Å². The third-order valence-corrected chi connectivity index (χ3v) is 2.41. The van der Waals surface area contributed by atoms with Crippen LogP contribution in [0.1, 0.15) is 19.8 Å². The van der Waals surface area contributed by atoms with Crippen LogP contribution >= 0.6 is 0 Å². The highest BCUT2D eigenvalue weighted by Crippen LogP contribution is 2.04. The van der Waals surface area contributed by atoms with Crippen LogP contribution in [-0.4, -0.2) is 48.1 Å². The van der Waals surface area contributed by atoms with Crippen molar-refractivity contribution in [1.82, 2.24) is 10.6 Å². The lowest BCUT2D eigenvalue weighted by Gasteiger charge is -2.28. The molecule has 1 saturated heterocycles. The molecule has 1 rings (SSSR count). The maximum atomic E-state index is 9.52. The number of hydrogen-bond donors (Lipinski definition) is 4. The second kappa shape index (κ2) is 4.91. The van der Waals surface area contributed by atoms with Crippen LogP contribution in [0.2, 0.25) is 0 Å². The lowest BCUT2D eigenvalue weighted by atomic mass is 10.0. The summed E-state index contributed by atoms with van der Waals surface area (Å²) in [6, 6.07) is 0.437. The van der Waals surface area contributed by atoms with Crippen LogP contribution in [-0.2, 0) is 0 Å². The van der Waals surface area contributed by atoms with E-state index in [0.717, 1.165) is 19.5 Å². The molecule has 1 heterocycles. The highest BCUT2D eigenvalue weighted by atomic mass is 16.3. The molecule has 0 saturated carbocycles. The first kappa shape index (κ1) is 10.9. The normalized spacial score (nSPS) is 28.4. The molecule has 0 bridgehead atoms. The number of piperidine rings is 1. The second-order valence-electron chi connectivity index (χ2n) is 4.08. The van der Waals surface area contributed by atoms with Crippen molar-refractivity contribution in [3.05, 3.63) is 0 Å². The van der Waals surface area contributed by atoms with E-state index >= 15 is 0 Å². The molecule has 0 aromatic rings. The summed E-state index contributed by atoms with van der Waals surface area (Å²) >= 11 is 0. The molecule has 0 aromatic heterocycles. The van der Waals surface area contributed by atoms with Crippen LogP contribution in [0.25, 0.3) is 0 Å². The Labute approximate surface area is 79.3 Å². The topological polar surface area (TPSA) is 64.5 Å². The van der Waals surface area contributed by atoms with E-state index in [1.807, 2.05) is 0 Å². The van der Waals surface area contributed by atoms with Gasteiger partial charge in [-0.1, -0.05) is 0 Å². The summed E-state index contributed by atoms with van der Waals surface area (Å²) < 4.78 is 0. The third-order valence-electron chi connectivity index (χ3n) is 2.41. The van der Waals surface area contributed by atoms with E-state index < -0.39 is 5.60 Å². The molecule has 2 unspecified atom stereocenters. The molecular formula is C9H20N2O2. The van der Waals surface area contributed by atoms with E-state index in [0.29, 0.717) is 12.6 Å². The molecular weight excluding hydrogens is 168 g/mol. The van der Waals surface area contributed by atoms with Crippen molar-refractivity contribution in [1.29, 1.82) is 0 Å². The van der Waals surface area contributed by atoms with Crippen LogP contribution in [0.4, 0.5) is 0 Å². The average molecular weight is 188 g/mol. The molecule has 0 spiro atoms. The molecule has 0 amide bonds. The summed E-state index contributed by atoms with van der Waals surface area (Å²) in [5.41, 5.74) is -0.989. The van der Waals surface area contributed by atoms with Crippen molar-refractivity contribution >= 4 is 0 Å². The molecule has 4 nitrogen and oxygen atoms in total. The van der Waals surface area contributed by atoms with Crippen molar-refractivity contribution in [2.75, 3.05) is 26.2 Å². The van der Waals surface area contributed by atoms with Crippen molar-refractivity contribution in [2.24, 2.45) is 0 Å². The summed E-state index contributed by atoms with van der Waals surface area (Å²) in [6.45, 7) is 3.95. The predicted octanol–water partition coefficient (Wildman–Crippen LogP) is -0.929. The van der Waals surface area contributed by atoms with E-state index in [9.17, 15) is 5.11 Å². The summed E-state index contributed by atoms with van der Waals surface area (Å²) in [7, 11) is 0. The smallest absolute Gasteiger partial charge is 0.0972 e. The Morgan fingerprint density at radius 3 is 2.92 bits per heavy atom. The van der Waals surface area contributed by atoms with Gasteiger partial charge in [-0.25, -0.2) is 0 Å². The van der Waals surface area contributed by atoms with Gasteiger partial charge in [0.15, 0.2) is 0 Å². The van der Waals surface area contributed by atoms with Crippen molar-refractivity contribution in [3.63, 3.8) is 0 Å². The van der Waals surface area contributed by atoms with Gasteiger partial charge in [0.05, 0.1) is 12.2 Å². The number of rotatable bonds is 4. The zero-order valence-electron chi connectivity index (χ0n) is 8.21. The zero-order valence-corrected chi connectivity index (χ0v) is 8.21. The molecule has 0 aromatic carbocycles. The number of hydrogen-bond acceptors (Lipinski definition) is 4. The molecule has 1 aliphatic heterocycles. The van der Waals surface area contributed by atoms with E-state index in [1.165, 1.54) is 6.42 Å². The number of nitrogens with one attached hydrogen (secondary N) is 2. The van der Waals surface area contributed by atoms with Gasteiger partial charge in [0.1, 0.15) is 0 Å². The Kier molecular flexibility index (Phi) is 4.12. The monoisotopic (exact) mass is 188 g/mol. The first-order chi connectivity index (χ1) is 6.14. The Balaban J connectivity index is 2.17. The second-order valence-corrected chi connectivity index (χ2v) is 4.08. The van der Waals surface area contributed by atoms with Gasteiger partial charge in [0.25, 0.3) is 0 Å². The van der Waals surface area contributed by atoms with Crippen LogP contribution in [0.3, 0.4) is 0 Å². The SMILES string of the molecule is CC(O)(CO)CNC1CCCNC1. The summed E-state index contributed by atoms with van der Waals surface area (Å²) in [6.07, 6.45) is 2.33. The first-order valence-electron chi connectivity index (χ1n) is 4.91. The van der Waals surface area contributed by atoms with E-state index in [4.69, 9.17) is 5.11 Å². The summed E-state index contributed by atoms with van der Waals surface area (Å²) in [4.78, 5) is 0. The molecule has 4 heteroatoms. The van der Waals surface area contributed by atoms with Gasteiger partial charge in [-0.3, -0.25) is 0 Å². The van der Waals surface area contributed by atoms with Crippen molar-refractivity contribution in [2.45, 2.75) is 31.4 Å². The summed E-state index contributed by atoms with van der Waals surface area (Å²) in [5.74, 6) is 0. The number of aliphatic hydroxyl groups excluding tert-OH is 1. The molecule has 4 N–H and O–H groups in total. The predicted molar refractivity (Wildman–Crippen MR) is 51.6 cm³/mol. The Morgan fingerprint density at radius 2 is 2.38 bits per heavy atom. The minimum Gasteiger partial charge on any atom is -0.393 e. The molecule has 2 atom stereocenters. The van der Waals surface area contributed by atoms with Crippen LogP contribution in [0.15, 0.2) is 0 Å². The summed E-state index contributed by atoms with van der Waals surface area (Å²) in [5, 5.41) is 24.9. The van der Waals surface area contributed by atoms with E-state index in [-0.39, 0.29) is 6.61 Å². The van der Waals surface area contributed by atoms with Crippen LogP contribution in [0.5, 0.6) is 0 Å². The lowest BCUT2D eigenvalue weighted by Crippen LogP contribution is -2.49. The zero-order chi connectivity index (χ0) is 9.73. The van der Waals surface area contributed by atoms with Crippen molar-refractivity contribution < 1.29 is 10.2 Å². The standard InChI is InChI=1S/C9H20N2O2/c1-9(13,7-12)6-11-8-3-2-4-10-5-8/h8,10-13H,2-7H2,1H3. The molecule has 78 valence electrons. The minimum atomic E-state index is -0.989. The van der Waals surface area contributed by atoms with Gasteiger partial charge >= 0.3 is 0 Å². The van der Waals surface area contributed by atoms with Gasteiger partial charge in [-0.2, -0.15) is 0 Å². The fourth-order valence-electron chi connectivity index (χ4n) is 1.45. The highest BCUT2D eigenvalue weighted by Gasteiger charge is 2.21. The Hall–Kier alpha value is -0.160. The molecule has 0 radical (unpaired) electrons. The maximum absolute atomic E-state index is 9.52. The largest absolute Gasteiger partial charge is 0.393 e. The third kappa shape index (κ3) is 4.04. The fourth-order valence-corrected chi connectivity index (χ4v) is 1.45. The van der Waals surface area contributed by atoms with Gasteiger partial charge in [-0.15, -0.1) is 0 Å². The first-order valence-corrected chi connectivity index (χ1v) is 4.91. The van der Waals surface area contributed by atoms with Crippen LogP contribution < -0.4 is 10.6 Å². The fraction of sp³-hybridized carbons (Fsp3) is 1.00. The Bertz CT molecular complexity index is 145. The van der Waals surface area contributed by atoms with E-state index in [2.05, 4.69) is 10.6 Å². The highest BCUT2D eigenvalue weighted by molar-refractivity contribution is 4.80. The quantitative estimate of drug-likeness (QED) is 0.460. The van der Waals surface area contributed by atoms with Gasteiger partial charge < -0.3 is 20.8 Å². The molecule has 1 aliphatic rings. The van der Waals surface area contributed by atoms with Gasteiger partial charge in [0, 0.05) is 19.1 Å². The van der Waals surface area contributed by atoms with Crippen LogP contribution in [0, 0.1) is 0 Å².